The van der Waals surface area contributed by atoms with Gasteiger partial charge in [0.05, 0.1) is 6.54 Å². The van der Waals surface area contributed by atoms with Gasteiger partial charge < -0.3 is 14.5 Å². The van der Waals surface area contributed by atoms with Crippen molar-refractivity contribution in [2.45, 2.75) is 19.4 Å². The molecule has 0 aliphatic carbocycles. The second-order valence-corrected chi connectivity index (χ2v) is 6.96. The predicted octanol–water partition coefficient (Wildman–Crippen LogP) is 3.36. The number of likely N-dealkylation sites (tertiary alicyclic amines) is 1. The maximum absolute atomic E-state index is 12.3. The topological polar surface area (TPSA) is 49.9 Å². The number of amides is 2. The molecule has 0 N–H and O–H groups in total. The second kappa shape index (κ2) is 9.74. The number of likely N-dealkylation sites (N-methyl/N-ethyl adjacent to an activating group) is 1. The Morgan fingerprint density at radius 2 is 1.82 bits per heavy atom. The quantitative estimate of drug-likeness (QED) is 0.694. The summed E-state index contributed by atoms with van der Waals surface area (Å²) in [5.74, 6) is 0.567. The van der Waals surface area contributed by atoms with E-state index in [0.29, 0.717) is 6.61 Å². The lowest BCUT2D eigenvalue weighted by molar-refractivity contribution is -0.136. The molecular weight excluding hydrogens is 352 g/mol. The Bertz CT molecular complexity index is 827. The van der Waals surface area contributed by atoms with Crippen LogP contribution >= 0.6 is 0 Å². The van der Waals surface area contributed by atoms with Crippen LogP contribution in [0.25, 0.3) is 6.08 Å². The minimum atomic E-state index is -0.192. The fourth-order valence-corrected chi connectivity index (χ4v) is 3.09. The second-order valence-electron chi connectivity index (χ2n) is 6.96. The molecular formula is C23H26N2O3. The van der Waals surface area contributed by atoms with E-state index in [1.807, 2.05) is 59.5 Å². The van der Waals surface area contributed by atoms with Crippen molar-refractivity contribution in [3.63, 3.8) is 0 Å². The average Bonchev–Trinajstić information content (AvgIpc) is 3.26. The van der Waals surface area contributed by atoms with Gasteiger partial charge in [0.1, 0.15) is 12.4 Å². The van der Waals surface area contributed by atoms with Crippen LogP contribution in [0.1, 0.15) is 24.0 Å². The van der Waals surface area contributed by atoms with Gasteiger partial charge in [-0.05, 0) is 42.2 Å². The molecule has 2 aromatic carbocycles. The van der Waals surface area contributed by atoms with Gasteiger partial charge in [0.2, 0.25) is 11.8 Å². The van der Waals surface area contributed by atoms with Crippen molar-refractivity contribution in [1.82, 2.24) is 9.80 Å². The van der Waals surface area contributed by atoms with E-state index in [9.17, 15) is 9.59 Å². The van der Waals surface area contributed by atoms with E-state index in [4.69, 9.17) is 4.74 Å². The third-order valence-corrected chi connectivity index (χ3v) is 4.73. The SMILES string of the molecule is CN(CC(=O)N1CCCC1)C(=O)C=Cc1cccc(OCc2ccccc2)c1. The minimum Gasteiger partial charge on any atom is -0.489 e. The number of ether oxygens (including phenoxy) is 1. The molecule has 0 radical (unpaired) electrons. The summed E-state index contributed by atoms with van der Waals surface area (Å²) in [6, 6.07) is 17.6. The van der Waals surface area contributed by atoms with Crippen molar-refractivity contribution in [3.8, 4) is 5.75 Å². The van der Waals surface area contributed by atoms with Crippen LogP contribution in [0, 0.1) is 0 Å². The number of carbonyl (C=O) groups is 2. The number of hydrogen-bond acceptors (Lipinski definition) is 3. The van der Waals surface area contributed by atoms with E-state index >= 15 is 0 Å². The lowest BCUT2D eigenvalue weighted by atomic mass is 10.2. The molecule has 146 valence electrons. The molecule has 0 spiro atoms. The normalized spacial score (nSPS) is 13.7. The number of nitrogens with zero attached hydrogens (tertiary/aromatic N) is 2. The molecule has 1 fully saturated rings. The first-order chi connectivity index (χ1) is 13.6. The highest BCUT2D eigenvalue weighted by Gasteiger charge is 2.20. The van der Waals surface area contributed by atoms with Crippen LogP contribution in [0.5, 0.6) is 5.75 Å². The molecule has 1 heterocycles. The van der Waals surface area contributed by atoms with Crippen molar-refractivity contribution in [1.29, 1.82) is 0 Å². The molecule has 2 amide bonds. The van der Waals surface area contributed by atoms with Gasteiger partial charge in [0.15, 0.2) is 0 Å². The molecule has 1 saturated heterocycles. The number of rotatable bonds is 7. The van der Waals surface area contributed by atoms with Gasteiger partial charge >= 0.3 is 0 Å². The van der Waals surface area contributed by atoms with Crippen molar-refractivity contribution in [2.75, 3.05) is 26.7 Å². The molecule has 0 saturated carbocycles. The Kier molecular flexibility index (Phi) is 6.84. The van der Waals surface area contributed by atoms with E-state index in [2.05, 4.69) is 0 Å². The standard InChI is InChI=1S/C23H26N2O3/c1-24(17-23(27)25-14-5-6-15-25)22(26)13-12-19-10-7-11-21(16-19)28-18-20-8-3-2-4-9-20/h2-4,7-13,16H,5-6,14-15,17-18H2,1H3. The zero-order valence-electron chi connectivity index (χ0n) is 16.2. The smallest absolute Gasteiger partial charge is 0.246 e. The molecule has 5 nitrogen and oxygen atoms in total. The van der Waals surface area contributed by atoms with Crippen LogP contribution in [0.3, 0.4) is 0 Å². The third-order valence-electron chi connectivity index (χ3n) is 4.73. The van der Waals surface area contributed by atoms with Crippen LogP contribution in [0.2, 0.25) is 0 Å². The third kappa shape index (κ3) is 5.71. The molecule has 2 aromatic rings. The van der Waals surface area contributed by atoms with E-state index in [1.54, 1.807) is 13.1 Å². The lowest BCUT2D eigenvalue weighted by Crippen LogP contribution is -2.39. The highest BCUT2D eigenvalue weighted by Crippen LogP contribution is 2.16. The van der Waals surface area contributed by atoms with Crippen molar-refractivity contribution < 1.29 is 14.3 Å². The summed E-state index contributed by atoms with van der Waals surface area (Å²) in [6.07, 6.45) is 5.33. The Balaban J connectivity index is 1.52. The summed E-state index contributed by atoms with van der Waals surface area (Å²) in [5, 5.41) is 0. The van der Waals surface area contributed by atoms with Gasteiger partial charge in [-0.25, -0.2) is 0 Å². The highest BCUT2D eigenvalue weighted by molar-refractivity contribution is 5.94. The van der Waals surface area contributed by atoms with Crippen LogP contribution < -0.4 is 4.74 Å². The Labute approximate surface area is 166 Å². The van der Waals surface area contributed by atoms with Crippen molar-refractivity contribution in [2.24, 2.45) is 0 Å². The maximum Gasteiger partial charge on any atom is 0.246 e. The first kappa shape index (κ1) is 19.7. The summed E-state index contributed by atoms with van der Waals surface area (Å²) in [6.45, 7) is 2.21. The highest BCUT2D eigenvalue weighted by atomic mass is 16.5. The summed E-state index contributed by atoms with van der Waals surface area (Å²) in [5.41, 5.74) is 1.97. The van der Waals surface area contributed by atoms with E-state index < -0.39 is 0 Å². The predicted molar refractivity (Wildman–Crippen MR) is 110 cm³/mol. The van der Waals surface area contributed by atoms with Gasteiger partial charge in [0.25, 0.3) is 0 Å². The summed E-state index contributed by atoms with van der Waals surface area (Å²) >= 11 is 0. The van der Waals surface area contributed by atoms with Crippen molar-refractivity contribution in [3.05, 3.63) is 71.8 Å². The molecule has 5 heteroatoms. The molecule has 3 rings (SSSR count). The molecule has 28 heavy (non-hydrogen) atoms. The molecule has 0 bridgehead atoms. The van der Waals surface area contributed by atoms with E-state index in [0.717, 1.165) is 42.8 Å². The van der Waals surface area contributed by atoms with Crippen molar-refractivity contribution >= 4 is 17.9 Å². The number of hydrogen-bond donors (Lipinski definition) is 0. The van der Waals surface area contributed by atoms with Gasteiger partial charge in [-0.15, -0.1) is 0 Å². The zero-order chi connectivity index (χ0) is 19.8. The summed E-state index contributed by atoms with van der Waals surface area (Å²) < 4.78 is 5.82. The van der Waals surface area contributed by atoms with E-state index in [1.165, 1.54) is 11.0 Å². The fraction of sp³-hybridized carbons (Fsp3) is 0.304. The zero-order valence-corrected chi connectivity index (χ0v) is 16.2. The van der Waals surface area contributed by atoms with Crippen LogP contribution in [0.4, 0.5) is 0 Å². The average molecular weight is 378 g/mol. The fourth-order valence-electron chi connectivity index (χ4n) is 3.09. The monoisotopic (exact) mass is 378 g/mol. The molecule has 1 aliphatic heterocycles. The van der Waals surface area contributed by atoms with Gasteiger partial charge in [-0.3, -0.25) is 9.59 Å². The van der Waals surface area contributed by atoms with Crippen LogP contribution in [-0.2, 0) is 16.2 Å². The Morgan fingerprint density at radius 1 is 1.07 bits per heavy atom. The maximum atomic E-state index is 12.3. The van der Waals surface area contributed by atoms with Crippen LogP contribution in [-0.4, -0.2) is 48.3 Å². The van der Waals surface area contributed by atoms with Gasteiger partial charge in [-0.1, -0.05) is 42.5 Å². The molecule has 0 aromatic heterocycles. The van der Waals surface area contributed by atoms with Gasteiger partial charge in [0, 0.05) is 26.2 Å². The summed E-state index contributed by atoms with van der Waals surface area (Å²) in [7, 11) is 1.65. The number of benzene rings is 2. The Hall–Kier alpha value is -3.08. The molecule has 1 aliphatic rings. The Morgan fingerprint density at radius 3 is 2.57 bits per heavy atom. The summed E-state index contributed by atoms with van der Waals surface area (Å²) in [4.78, 5) is 27.7. The van der Waals surface area contributed by atoms with Gasteiger partial charge in [-0.2, -0.15) is 0 Å². The molecule has 0 unspecified atom stereocenters. The molecule has 0 atom stereocenters. The largest absolute Gasteiger partial charge is 0.489 e. The lowest BCUT2D eigenvalue weighted by Gasteiger charge is -2.20. The minimum absolute atomic E-state index is 0.0121. The first-order valence-electron chi connectivity index (χ1n) is 9.59. The number of carbonyl (C=O) groups excluding carboxylic acids is 2. The van der Waals surface area contributed by atoms with E-state index in [-0.39, 0.29) is 18.4 Å². The van der Waals surface area contributed by atoms with Crippen LogP contribution in [0.15, 0.2) is 60.7 Å². The first-order valence-corrected chi connectivity index (χ1v) is 9.59.